The molecule has 1 aliphatic rings. The minimum atomic E-state index is 0.0334. The summed E-state index contributed by atoms with van der Waals surface area (Å²) in [6.07, 6.45) is 0. The highest BCUT2D eigenvalue weighted by atomic mass is 16.5. The fraction of sp³-hybridized carbons (Fsp3) is 1.00. The summed E-state index contributed by atoms with van der Waals surface area (Å²) in [6, 6.07) is 0.564. The number of likely N-dealkylation sites (N-methyl/N-ethyl adjacent to an activating group) is 1. The van der Waals surface area contributed by atoms with Gasteiger partial charge >= 0.3 is 0 Å². The lowest BCUT2D eigenvalue weighted by Gasteiger charge is -2.39. The van der Waals surface area contributed by atoms with Gasteiger partial charge in [0.2, 0.25) is 0 Å². The summed E-state index contributed by atoms with van der Waals surface area (Å²) in [4.78, 5) is 2.46. The van der Waals surface area contributed by atoms with Crippen LogP contribution in [0, 0.1) is 0 Å². The van der Waals surface area contributed by atoms with Crippen molar-refractivity contribution in [1.29, 1.82) is 0 Å². The van der Waals surface area contributed by atoms with E-state index < -0.39 is 0 Å². The minimum absolute atomic E-state index is 0.0334. The average Bonchev–Trinajstić information content (AvgIpc) is 2.02. The van der Waals surface area contributed by atoms with E-state index in [2.05, 4.69) is 31.0 Å². The van der Waals surface area contributed by atoms with E-state index in [1.54, 1.807) is 0 Å². The van der Waals surface area contributed by atoms with Crippen molar-refractivity contribution in [3.8, 4) is 0 Å². The second-order valence-corrected chi connectivity index (χ2v) is 4.53. The summed E-state index contributed by atoms with van der Waals surface area (Å²) in [5.41, 5.74) is 0.0334. The van der Waals surface area contributed by atoms with Crippen LogP contribution in [0.25, 0.3) is 0 Å². The van der Waals surface area contributed by atoms with Crippen LogP contribution >= 0.6 is 0 Å². The Bertz CT molecular complexity index is 159. The van der Waals surface area contributed by atoms with E-state index in [0.717, 1.165) is 26.2 Å². The highest BCUT2D eigenvalue weighted by Gasteiger charge is 2.27. The van der Waals surface area contributed by atoms with Crippen LogP contribution in [0.4, 0.5) is 0 Å². The van der Waals surface area contributed by atoms with Crippen molar-refractivity contribution in [1.82, 2.24) is 10.2 Å². The Morgan fingerprint density at radius 2 is 2.23 bits per heavy atom. The smallest absolute Gasteiger partial charge is 0.0753 e. The van der Waals surface area contributed by atoms with Crippen LogP contribution in [0.2, 0.25) is 0 Å². The van der Waals surface area contributed by atoms with E-state index in [0.29, 0.717) is 6.04 Å². The second-order valence-electron chi connectivity index (χ2n) is 4.53. The maximum atomic E-state index is 5.65. The summed E-state index contributed by atoms with van der Waals surface area (Å²) in [7, 11) is 2.01. The van der Waals surface area contributed by atoms with Gasteiger partial charge in [-0.15, -0.1) is 0 Å². The fourth-order valence-corrected chi connectivity index (χ4v) is 1.75. The first-order chi connectivity index (χ1) is 6.03. The van der Waals surface area contributed by atoms with Crippen molar-refractivity contribution < 1.29 is 4.74 Å². The zero-order valence-corrected chi connectivity index (χ0v) is 9.26. The lowest BCUT2D eigenvalue weighted by atomic mass is 10.1. The average molecular weight is 186 g/mol. The summed E-state index contributed by atoms with van der Waals surface area (Å²) in [5, 5.41) is 3.26. The van der Waals surface area contributed by atoms with Crippen LogP contribution < -0.4 is 5.32 Å². The number of morpholine rings is 1. The molecule has 1 unspecified atom stereocenters. The van der Waals surface area contributed by atoms with E-state index in [-0.39, 0.29) is 5.60 Å². The molecule has 0 bridgehead atoms. The lowest BCUT2D eigenvalue weighted by molar-refractivity contribution is -0.0871. The zero-order valence-electron chi connectivity index (χ0n) is 9.26. The molecule has 0 spiro atoms. The quantitative estimate of drug-likeness (QED) is 0.702. The Labute approximate surface area is 81.4 Å². The molecule has 1 atom stereocenters. The van der Waals surface area contributed by atoms with Gasteiger partial charge in [-0.05, 0) is 27.8 Å². The van der Waals surface area contributed by atoms with Crippen molar-refractivity contribution in [3.63, 3.8) is 0 Å². The van der Waals surface area contributed by atoms with Gasteiger partial charge < -0.3 is 10.1 Å². The zero-order chi connectivity index (χ0) is 9.90. The molecule has 0 aromatic carbocycles. The number of nitrogens with one attached hydrogen (secondary N) is 1. The fourth-order valence-electron chi connectivity index (χ4n) is 1.75. The van der Waals surface area contributed by atoms with Crippen LogP contribution in [0.1, 0.15) is 20.8 Å². The molecule has 3 heteroatoms. The van der Waals surface area contributed by atoms with Gasteiger partial charge in [0.1, 0.15) is 0 Å². The molecule has 0 aromatic rings. The molecule has 78 valence electrons. The van der Waals surface area contributed by atoms with Crippen LogP contribution in [-0.2, 0) is 4.74 Å². The monoisotopic (exact) mass is 186 g/mol. The first-order valence-corrected chi connectivity index (χ1v) is 5.07. The van der Waals surface area contributed by atoms with Crippen molar-refractivity contribution in [2.45, 2.75) is 32.4 Å². The van der Waals surface area contributed by atoms with E-state index in [9.17, 15) is 0 Å². The molecular formula is C10H22N2O. The third kappa shape index (κ3) is 3.63. The molecule has 1 heterocycles. The number of nitrogens with zero attached hydrogens (tertiary/aromatic N) is 1. The third-order valence-electron chi connectivity index (χ3n) is 2.53. The van der Waals surface area contributed by atoms with Crippen molar-refractivity contribution in [2.75, 3.05) is 33.3 Å². The van der Waals surface area contributed by atoms with Crippen molar-refractivity contribution >= 4 is 0 Å². The van der Waals surface area contributed by atoms with E-state index in [1.165, 1.54) is 0 Å². The van der Waals surface area contributed by atoms with Gasteiger partial charge in [0.15, 0.2) is 0 Å². The first-order valence-electron chi connectivity index (χ1n) is 5.07. The summed E-state index contributed by atoms with van der Waals surface area (Å²) < 4.78 is 5.65. The van der Waals surface area contributed by atoms with Gasteiger partial charge in [-0.3, -0.25) is 4.90 Å². The van der Waals surface area contributed by atoms with Gasteiger partial charge in [-0.1, -0.05) is 0 Å². The van der Waals surface area contributed by atoms with Gasteiger partial charge in [0.05, 0.1) is 12.2 Å². The van der Waals surface area contributed by atoms with E-state index in [1.807, 2.05) is 7.05 Å². The molecule has 0 radical (unpaired) electrons. The SMILES string of the molecule is CNC(C)CN1CCOC(C)(C)C1. The molecule has 3 nitrogen and oxygen atoms in total. The predicted molar refractivity (Wildman–Crippen MR) is 55.0 cm³/mol. The summed E-state index contributed by atoms with van der Waals surface area (Å²) in [6.45, 7) is 10.6. The Morgan fingerprint density at radius 3 is 2.77 bits per heavy atom. The molecular weight excluding hydrogens is 164 g/mol. The molecule has 0 aromatic heterocycles. The van der Waals surface area contributed by atoms with Gasteiger partial charge in [-0.25, -0.2) is 0 Å². The molecule has 1 N–H and O–H groups in total. The molecule has 0 aliphatic carbocycles. The van der Waals surface area contributed by atoms with E-state index in [4.69, 9.17) is 4.74 Å². The van der Waals surface area contributed by atoms with Gasteiger partial charge in [0.25, 0.3) is 0 Å². The Kier molecular flexibility index (Phi) is 3.71. The predicted octanol–water partition coefficient (Wildman–Crippen LogP) is 0.705. The van der Waals surface area contributed by atoms with Crippen LogP contribution in [0.5, 0.6) is 0 Å². The molecule has 1 fully saturated rings. The molecule has 1 aliphatic heterocycles. The third-order valence-corrected chi connectivity index (χ3v) is 2.53. The maximum Gasteiger partial charge on any atom is 0.0753 e. The maximum absolute atomic E-state index is 5.65. The van der Waals surface area contributed by atoms with Crippen LogP contribution in [0.3, 0.4) is 0 Å². The number of hydrogen-bond donors (Lipinski definition) is 1. The largest absolute Gasteiger partial charge is 0.373 e. The minimum Gasteiger partial charge on any atom is -0.373 e. The molecule has 13 heavy (non-hydrogen) atoms. The number of ether oxygens (including phenoxy) is 1. The highest BCUT2D eigenvalue weighted by molar-refractivity contribution is 4.80. The van der Waals surface area contributed by atoms with Gasteiger partial charge in [0, 0.05) is 25.7 Å². The van der Waals surface area contributed by atoms with Crippen molar-refractivity contribution in [2.24, 2.45) is 0 Å². The van der Waals surface area contributed by atoms with Gasteiger partial charge in [-0.2, -0.15) is 0 Å². The molecule has 1 saturated heterocycles. The Morgan fingerprint density at radius 1 is 1.54 bits per heavy atom. The topological polar surface area (TPSA) is 24.5 Å². The van der Waals surface area contributed by atoms with Crippen LogP contribution in [-0.4, -0.2) is 49.8 Å². The standard InChI is InChI=1S/C10H22N2O/c1-9(11-4)7-12-5-6-13-10(2,3)8-12/h9,11H,5-8H2,1-4H3. The Hall–Kier alpha value is -0.120. The van der Waals surface area contributed by atoms with Crippen molar-refractivity contribution in [3.05, 3.63) is 0 Å². The lowest BCUT2D eigenvalue weighted by Crippen LogP contribution is -2.51. The van der Waals surface area contributed by atoms with Crippen LogP contribution in [0.15, 0.2) is 0 Å². The highest BCUT2D eigenvalue weighted by Crippen LogP contribution is 2.16. The Balaban J connectivity index is 2.34. The summed E-state index contributed by atoms with van der Waals surface area (Å²) >= 11 is 0. The molecule has 1 rings (SSSR count). The second kappa shape index (κ2) is 4.40. The molecule has 0 saturated carbocycles. The van der Waals surface area contributed by atoms with E-state index >= 15 is 0 Å². The normalized spacial score (nSPS) is 25.8. The number of hydrogen-bond acceptors (Lipinski definition) is 3. The summed E-state index contributed by atoms with van der Waals surface area (Å²) in [5.74, 6) is 0. The first kappa shape index (κ1) is 11.0. The molecule has 0 amide bonds. The number of rotatable bonds is 3.